The zero-order valence-corrected chi connectivity index (χ0v) is 14.9. The minimum Gasteiger partial charge on any atom is -0.594 e. The third kappa shape index (κ3) is 3.11. The molecule has 0 saturated carbocycles. The van der Waals surface area contributed by atoms with E-state index in [0.29, 0.717) is 38.0 Å². The quantitative estimate of drug-likeness (QED) is 0.232. The van der Waals surface area contributed by atoms with E-state index in [4.69, 9.17) is 21.1 Å². The number of rotatable bonds is 4. The molecule has 0 N–H and O–H groups in total. The molecule has 0 atom stereocenters. The smallest absolute Gasteiger partial charge is 0.315 e. The number of carbonyl (C=O) groups is 1. The summed E-state index contributed by atoms with van der Waals surface area (Å²) < 4.78 is 12.0. The van der Waals surface area contributed by atoms with Crippen LogP contribution in [0.25, 0.3) is 16.7 Å². The summed E-state index contributed by atoms with van der Waals surface area (Å²) in [5.74, 6) is 0.229. The largest absolute Gasteiger partial charge is 0.594 e. The Morgan fingerprint density at radius 1 is 1.26 bits per heavy atom. The zero-order chi connectivity index (χ0) is 19.0. The van der Waals surface area contributed by atoms with Crippen molar-refractivity contribution in [2.24, 2.45) is 0 Å². The molecule has 9 heteroatoms. The number of hydrogen-bond acceptors (Lipinski definition) is 6. The minimum absolute atomic E-state index is 0.110. The Hall–Kier alpha value is -3.39. The van der Waals surface area contributed by atoms with Crippen molar-refractivity contribution < 1.29 is 19.1 Å². The second-order valence-electron chi connectivity index (χ2n) is 5.71. The lowest BCUT2D eigenvalue weighted by atomic mass is 10.2. The van der Waals surface area contributed by atoms with Crippen LogP contribution in [0.15, 0.2) is 48.7 Å². The van der Waals surface area contributed by atoms with Crippen molar-refractivity contribution in [1.82, 2.24) is 14.7 Å². The Kier molecular flexibility index (Phi) is 4.25. The molecular formula is C18H13ClN4O4. The van der Waals surface area contributed by atoms with Crippen LogP contribution in [0, 0.1) is 5.21 Å². The molecule has 0 fully saturated rings. The first kappa shape index (κ1) is 17.0. The van der Waals surface area contributed by atoms with Gasteiger partial charge in [-0.1, -0.05) is 23.7 Å². The lowest BCUT2D eigenvalue weighted by Gasteiger charge is -2.08. The summed E-state index contributed by atoms with van der Waals surface area (Å²) in [4.78, 5) is 12.8. The van der Waals surface area contributed by atoms with E-state index >= 15 is 0 Å². The van der Waals surface area contributed by atoms with Gasteiger partial charge in [0, 0.05) is 21.8 Å². The lowest BCUT2D eigenvalue weighted by molar-refractivity contribution is -0.640. The molecule has 136 valence electrons. The number of halogens is 1. The predicted molar refractivity (Wildman–Crippen MR) is 96.8 cm³/mol. The van der Waals surface area contributed by atoms with E-state index in [0.717, 1.165) is 0 Å². The van der Waals surface area contributed by atoms with Crippen molar-refractivity contribution in [1.29, 1.82) is 0 Å². The number of methoxy groups -OCH3 is 1. The Labute approximate surface area is 158 Å². The normalized spacial score (nSPS) is 11.0. The Bertz CT molecular complexity index is 1170. The molecular weight excluding hydrogens is 372 g/mol. The Balaban J connectivity index is 1.68. The number of fused-ring (bicyclic) bond motifs is 3. The molecule has 0 unspecified atom stereocenters. The highest BCUT2D eigenvalue weighted by atomic mass is 35.5. The molecule has 27 heavy (non-hydrogen) atoms. The van der Waals surface area contributed by atoms with Gasteiger partial charge in [-0.3, -0.25) is 4.79 Å². The molecule has 2 aromatic heterocycles. The van der Waals surface area contributed by atoms with E-state index in [9.17, 15) is 10.0 Å². The Morgan fingerprint density at radius 2 is 2.04 bits per heavy atom. The van der Waals surface area contributed by atoms with Crippen LogP contribution in [0.5, 0.6) is 11.5 Å². The van der Waals surface area contributed by atoms with Gasteiger partial charge in [-0.15, -0.1) is 0 Å². The molecule has 4 rings (SSSR count). The molecule has 0 spiro atoms. The molecule has 2 aromatic carbocycles. The maximum Gasteiger partial charge on any atom is 0.315 e. The molecule has 0 amide bonds. The average Bonchev–Trinajstić information content (AvgIpc) is 3.04. The van der Waals surface area contributed by atoms with Crippen LogP contribution in [0.3, 0.4) is 0 Å². The van der Waals surface area contributed by atoms with E-state index in [-0.39, 0.29) is 12.1 Å². The minimum atomic E-state index is -0.528. The van der Waals surface area contributed by atoms with E-state index in [1.807, 2.05) is 0 Å². The van der Waals surface area contributed by atoms with Gasteiger partial charge in [0.15, 0.2) is 11.5 Å². The SMILES string of the molecule is COc1ccccc1OC(=O)Cc1cnn2c1n[n+]([O-])c1ccc(Cl)cc12. The summed E-state index contributed by atoms with van der Waals surface area (Å²) in [6.45, 7) is 0. The van der Waals surface area contributed by atoms with Gasteiger partial charge in [-0.2, -0.15) is 5.10 Å². The van der Waals surface area contributed by atoms with Gasteiger partial charge in [-0.25, -0.2) is 4.52 Å². The first-order valence-corrected chi connectivity index (χ1v) is 8.34. The highest BCUT2D eigenvalue weighted by Crippen LogP contribution is 2.26. The monoisotopic (exact) mass is 384 g/mol. The number of para-hydroxylation sites is 2. The third-order valence-corrected chi connectivity index (χ3v) is 4.24. The van der Waals surface area contributed by atoms with Crippen molar-refractivity contribution in [2.45, 2.75) is 6.42 Å². The maximum atomic E-state index is 12.3. The summed E-state index contributed by atoms with van der Waals surface area (Å²) in [5, 5.41) is 20.9. The van der Waals surface area contributed by atoms with Crippen LogP contribution in [0.2, 0.25) is 5.02 Å². The van der Waals surface area contributed by atoms with Crippen LogP contribution < -0.4 is 14.3 Å². The van der Waals surface area contributed by atoms with E-state index in [1.165, 1.54) is 17.8 Å². The number of aromatic nitrogens is 4. The number of esters is 1. The second-order valence-corrected chi connectivity index (χ2v) is 6.15. The molecule has 0 aliphatic rings. The van der Waals surface area contributed by atoms with Gasteiger partial charge in [0.1, 0.15) is 5.52 Å². The van der Waals surface area contributed by atoms with Crippen LogP contribution in [0.1, 0.15) is 5.56 Å². The van der Waals surface area contributed by atoms with Crippen LogP contribution in [-0.2, 0) is 11.2 Å². The van der Waals surface area contributed by atoms with Crippen molar-refractivity contribution >= 4 is 34.3 Å². The number of ether oxygens (including phenoxy) is 2. The van der Waals surface area contributed by atoms with Crippen LogP contribution in [0.4, 0.5) is 0 Å². The van der Waals surface area contributed by atoms with Crippen molar-refractivity contribution in [3.8, 4) is 11.5 Å². The zero-order valence-electron chi connectivity index (χ0n) is 14.1. The molecule has 0 aliphatic heterocycles. The number of carbonyl (C=O) groups excluding carboxylic acids is 1. The first-order chi connectivity index (χ1) is 13.1. The second kappa shape index (κ2) is 6.73. The van der Waals surface area contributed by atoms with Gasteiger partial charge >= 0.3 is 5.97 Å². The Morgan fingerprint density at radius 3 is 2.81 bits per heavy atom. The van der Waals surface area contributed by atoms with E-state index in [2.05, 4.69) is 10.2 Å². The van der Waals surface area contributed by atoms with Gasteiger partial charge in [0.2, 0.25) is 5.65 Å². The lowest BCUT2D eigenvalue weighted by Crippen LogP contribution is -2.33. The summed E-state index contributed by atoms with van der Waals surface area (Å²) >= 11 is 6.02. The predicted octanol–water partition coefficient (Wildman–Crippen LogP) is 2.33. The van der Waals surface area contributed by atoms with Gasteiger partial charge in [-0.05, 0) is 29.1 Å². The first-order valence-electron chi connectivity index (χ1n) is 7.96. The molecule has 0 aliphatic carbocycles. The fourth-order valence-corrected chi connectivity index (χ4v) is 2.94. The van der Waals surface area contributed by atoms with E-state index in [1.54, 1.807) is 42.5 Å². The standard InChI is InChI=1S/C18H13ClN4O4/c1-26-15-4-2-3-5-16(15)27-17(24)8-11-10-20-22-14-9-12(19)6-7-13(14)23(25)21-18(11)22/h2-7,9-10H,8H2,1H3. The van der Waals surface area contributed by atoms with Crippen molar-refractivity contribution in [2.75, 3.05) is 7.11 Å². The highest BCUT2D eigenvalue weighted by molar-refractivity contribution is 6.31. The highest BCUT2D eigenvalue weighted by Gasteiger charge is 2.19. The van der Waals surface area contributed by atoms with Gasteiger partial charge in [0.25, 0.3) is 5.52 Å². The molecule has 0 saturated heterocycles. The summed E-state index contributed by atoms with van der Waals surface area (Å²) in [6.07, 6.45) is 1.37. The van der Waals surface area contributed by atoms with E-state index < -0.39 is 5.97 Å². The van der Waals surface area contributed by atoms with Gasteiger partial charge in [0.05, 0.1) is 19.7 Å². The maximum absolute atomic E-state index is 12.3. The summed E-state index contributed by atoms with van der Waals surface area (Å²) in [5.41, 5.74) is 1.53. The van der Waals surface area contributed by atoms with Crippen LogP contribution in [-0.4, -0.2) is 27.8 Å². The molecule has 4 aromatic rings. The fraction of sp³-hybridized carbons (Fsp3) is 0.111. The summed E-state index contributed by atoms with van der Waals surface area (Å²) in [7, 11) is 1.49. The van der Waals surface area contributed by atoms with Crippen LogP contribution >= 0.6 is 11.6 Å². The third-order valence-electron chi connectivity index (χ3n) is 4.00. The molecule has 8 nitrogen and oxygen atoms in total. The summed E-state index contributed by atoms with van der Waals surface area (Å²) in [6, 6.07) is 11.6. The van der Waals surface area contributed by atoms with Gasteiger partial charge < -0.3 is 14.7 Å². The number of hydrogen-bond donors (Lipinski definition) is 0. The molecule has 0 radical (unpaired) electrons. The fourth-order valence-electron chi connectivity index (χ4n) is 2.77. The number of benzene rings is 2. The number of nitrogens with zero attached hydrogens (tertiary/aromatic N) is 4. The molecule has 0 bridgehead atoms. The van der Waals surface area contributed by atoms with Crippen molar-refractivity contribution in [3.63, 3.8) is 0 Å². The topological polar surface area (TPSA) is 92.7 Å². The molecule has 2 heterocycles. The van der Waals surface area contributed by atoms with Crippen molar-refractivity contribution in [3.05, 3.63) is 64.5 Å². The average molecular weight is 385 g/mol.